The summed E-state index contributed by atoms with van der Waals surface area (Å²) >= 11 is 0. The molecule has 3 rings (SSSR count). The maximum Gasteiger partial charge on any atom is 0.247 e. The van der Waals surface area contributed by atoms with Crippen LogP contribution in [0.1, 0.15) is 17.0 Å². The number of nitrogens with zero attached hydrogens (tertiary/aromatic N) is 2. The molecule has 1 heterocycles. The molecule has 6 nitrogen and oxygen atoms in total. The Hall–Kier alpha value is -2.51. The highest BCUT2D eigenvalue weighted by atomic mass is 32.2. The van der Waals surface area contributed by atoms with Crippen LogP contribution in [0.4, 0.5) is 0 Å². The smallest absolute Gasteiger partial charge is 0.247 e. The van der Waals surface area contributed by atoms with E-state index in [0.717, 1.165) is 16.7 Å². The fraction of sp³-hybridized carbons (Fsp3) is 0.263. The Balaban J connectivity index is 1.51. The minimum absolute atomic E-state index is 0.0509. The molecule has 136 valence electrons. The fourth-order valence-corrected chi connectivity index (χ4v) is 3.62. The number of hydrogen-bond donors (Lipinski definition) is 1. The molecule has 0 aliphatic rings. The first-order valence-corrected chi connectivity index (χ1v) is 10.1. The highest BCUT2D eigenvalue weighted by Crippen LogP contribution is 2.21. The van der Waals surface area contributed by atoms with Gasteiger partial charge in [0.1, 0.15) is 0 Å². The van der Waals surface area contributed by atoms with E-state index in [2.05, 4.69) is 14.9 Å². The predicted octanol–water partition coefficient (Wildman–Crippen LogP) is 2.75. The van der Waals surface area contributed by atoms with Gasteiger partial charge >= 0.3 is 0 Å². The predicted molar refractivity (Wildman–Crippen MR) is 100 cm³/mol. The first kappa shape index (κ1) is 18.3. The molecule has 26 heavy (non-hydrogen) atoms. The van der Waals surface area contributed by atoms with Crippen molar-refractivity contribution >= 4 is 10.0 Å². The topological polar surface area (TPSA) is 85.1 Å². The van der Waals surface area contributed by atoms with Crippen molar-refractivity contribution in [2.45, 2.75) is 19.8 Å². The van der Waals surface area contributed by atoms with E-state index in [9.17, 15) is 8.42 Å². The van der Waals surface area contributed by atoms with Crippen molar-refractivity contribution < 1.29 is 12.8 Å². The minimum atomic E-state index is -3.34. The average molecular weight is 371 g/mol. The second kappa shape index (κ2) is 8.25. The highest BCUT2D eigenvalue weighted by Gasteiger charge is 2.13. The molecular formula is C19H21N3O3S. The molecule has 0 radical (unpaired) electrons. The summed E-state index contributed by atoms with van der Waals surface area (Å²) in [6.45, 7) is 2.20. The molecule has 0 amide bonds. The summed E-state index contributed by atoms with van der Waals surface area (Å²) in [4.78, 5) is 0. The molecule has 0 aliphatic carbocycles. The number of nitrogens with one attached hydrogen (secondary N) is 1. The van der Waals surface area contributed by atoms with Gasteiger partial charge in [0.2, 0.25) is 21.8 Å². The molecule has 0 saturated carbocycles. The van der Waals surface area contributed by atoms with Gasteiger partial charge in [0.15, 0.2) is 0 Å². The van der Waals surface area contributed by atoms with E-state index in [1.54, 1.807) is 0 Å². The quantitative estimate of drug-likeness (QED) is 0.658. The first-order chi connectivity index (χ1) is 12.5. The lowest BCUT2D eigenvalue weighted by Gasteiger charge is -2.05. The van der Waals surface area contributed by atoms with Crippen molar-refractivity contribution in [3.63, 3.8) is 0 Å². The van der Waals surface area contributed by atoms with Crippen LogP contribution >= 0.6 is 0 Å². The van der Waals surface area contributed by atoms with Gasteiger partial charge in [-0.1, -0.05) is 48.5 Å². The average Bonchev–Trinajstić information content (AvgIpc) is 3.10. The van der Waals surface area contributed by atoms with Gasteiger partial charge < -0.3 is 4.42 Å². The molecule has 0 atom stereocenters. The van der Waals surface area contributed by atoms with Crippen molar-refractivity contribution in [1.29, 1.82) is 0 Å². The van der Waals surface area contributed by atoms with Crippen molar-refractivity contribution in [1.82, 2.24) is 14.9 Å². The van der Waals surface area contributed by atoms with Gasteiger partial charge in [-0.25, -0.2) is 13.1 Å². The van der Waals surface area contributed by atoms with Gasteiger partial charge in [0, 0.05) is 18.5 Å². The number of aromatic nitrogens is 2. The Morgan fingerprint density at radius 3 is 2.46 bits per heavy atom. The SMILES string of the molecule is Cc1ccccc1-c1nnc(CCNS(=O)(=O)CCc2ccccc2)o1. The van der Waals surface area contributed by atoms with E-state index in [-0.39, 0.29) is 12.3 Å². The second-order valence-corrected chi connectivity index (χ2v) is 7.94. The zero-order valence-electron chi connectivity index (χ0n) is 14.6. The third kappa shape index (κ3) is 5.00. The summed E-state index contributed by atoms with van der Waals surface area (Å²) in [5, 5.41) is 8.04. The Kier molecular flexibility index (Phi) is 5.80. The normalized spacial score (nSPS) is 11.6. The van der Waals surface area contributed by atoms with Gasteiger partial charge in [0.25, 0.3) is 0 Å². The van der Waals surface area contributed by atoms with Crippen molar-refractivity contribution in [2.75, 3.05) is 12.3 Å². The molecule has 0 unspecified atom stereocenters. The summed E-state index contributed by atoms with van der Waals surface area (Å²) in [6, 6.07) is 17.3. The number of rotatable bonds is 8. The molecule has 0 fully saturated rings. The third-order valence-corrected chi connectivity index (χ3v) is 5.39. The van der Waals surface area contributed by atoms with Crippen LogP contribution < -0.4 is 4.72 Å². The summed E-state index contributed by atoms with van der Waals surface area (Å²) in [7, 11) is -3.34. The number of benzene rings is 2. The van der Waals surface area contributed by atoms with Crippen molar-refractivity contribution in [3.8, 4) is 11.5 Å². The fourth-order valence-electron chi connectivity index (χ4n) is 2.56. The van der Waals surface area contributed by atoms with Crippen molar-refractivity contribution in [3.05, 3.63) is 71.6 Å². The zero-order chi connectivity index (χ0) is 18.4. The summed E-state index contributed by atoms with van der Waals surface area (Å²) in [5.41, 5.74) is 2.93. The molecule has 7 heteroatoms. The van der Waals surface area contributed by atoms with Gasteiger partial charge in [0.05, 0.1) is 5.75 Å². The molecule has 0 bridgehead atoms. The van der Waals surface area contributed by atoms with E-state index in [0.29, 0.717) is 24.6 Å². The third-order valence-electron chi connectivity index (χ3n) is 4.01. The zero-order valence-corrected chi connectivity index (χ0v) is 15.4. The number of sulfonamides is 1. The molecule has 2 aromatic carbocycles. The van der Waals surface area contributed by atoms with E-state index < -0.39 is 10.0 Å². The lowest BCUT2D eigenvalue weighted by Crippen LogP contribution is -2.29. The number of aryl methyl sites for hydroxylation is 2. The Bertz CT molecular complexity index is 953. The van der Waals surface area contributed by atoms with Crippen LogP contribution in [0.15, 0.2) is 59.0 Å². The standard InChI is InChI=1S/C19H21N3O3S/c1-15-7-5-6-10-17(15)19-22-21-18(25-19)11-13-20-26(23,24)14-12-16-8-3-2-4-9-16/h2-10,20H,11-14H2,1H3. The van der Waals surface area contributed by atoms with Gasteiger partial charge in [-0.3, -0.25) is 0 Å². The second-order valence-electron chi connectivity index (χ2n) is 6.01. The molecule has 1 aromatic heterocycles. The van der Waals surface area contributed by atoms with Crippen LogP contribution in [0.3, 0.4) is 0 Å². The summed E-state index contributed by atoms with van der Waals surface area (Å²) in [6.07, 6.45) is 0.831. The first-order valence-electron chi connectivity index (χ1n) is 8.43. The Morgan fingerprint density at radius 2 is 1.69 bits per heavy atom. The Morgan fingerprint density at radius 1 is 0.962 bits per heavy atom. The van der Waals surface area contributed by atoms with Crippen molar-refractivity contribution in [2.24, 2.45) is 0 Å². The molecular weight excluding hydrogens is 350 g/mol. The lowest BCUT2D eigenvalue weighted by molar-refractivity contribution is 0.501. The van der Waals surface area contributed by atoms with E-state index in [1.165, 1.54) is 0 Å². The van der Waals surface area contributed by atoms with Crippen LogP contribution in [0.2, 0.25) is 0 Å². The molecule has 0 spiro atoms. The maximum atomic E-state index is 12.1. The molecule has 0 aliphatic heterocycles. The lowest BCUT2D eigenvalue weighted by atomic mass is 10.1. The van der Waals surface area contributed by atoms with E-state index in [4.69, 9.17) is 4.42 Å². The maximum absolute atomic E-state index is 12.1. The highest BCUT2D eigenvalue weighted by molar-refractivity contribution is 7.89. The molecule has 1 N–H and O–H groups in total. The van der Waals surface area contributed by atoms with Crippen LogP contribution in [0.25, 0.3) is 11.5 Å². The van der Waals surface area contributed by atoms with E-state index >= 15 is 0 Å². The summed E-state index contributed by atoms with van der Waals surface area (Å²) in [5.74, 6) is 0.911. The van der Waals surface area contributed by atoms with Crippen LogP contribution in [-0.2, 0) is 22.9 Å². The van der Waals surface area contributed by atoms with Crippen LogP contribution in [0, 0.1) is 6.92 Å². The van der Waals surface area contributed by atoms with Crippen LogP contribution in [0.5, 0.6) is 0 Å². The Labute approximate surface area is 153 Å². The van der Waals surface area contributed by atoms with Gasteiger partial charge in [-0.15, -0.1) is 10.2 Å². The van der Waals surface area contributed by atoms with E-state index in [1.807, 2.05) is 61.5 Å². The van der Waals surface area contributed by atoms with Gasteiger partial charge in [-0.2, -0.15) is 0 Å². The largest absolute Gasteiger partial charge is 0.421 e. The molecule has 0 saturated heterocycles. The van der Waals surface area contributed by atoms with Gasteiger partial charge in [-0.05, 0) is 30.5 Å². The molecule has 3 aromatic rings. The van der Waals surface area contributed by atoms with Crippen LogP contribution in [-0.4, -0.2) is 30.9 Å². The monoisotopic (exact) mass is 371 g/mol. The summed E-state index contributed by atoms with van der Waals surface area (Å²) < 4.78 is 32.4. The number of hydrogen-bond acceptors (Lipinski definition) is 5. The minimum Gasteiger partial charge on any atom is -0.421 e.